The van der Waals surface area contributed by atoms with Crippen LogP contribution in [0.2, 0.25) is 0 Å². The Hall–Kier alpha value is 0.603. The largest absolute Gasteiger partial charge is 0.0622 e. The standard InChI is InChI=1S/C14H14.2C2H2P3.Zr/c1-3-7-13(8-4-1)11-12-14-9-5-2-6-10-14;2*1-2-4-5-3-1;/h1-10H,11-12H2;2*1,3H;. The van der Waals surface area contributed by atoms with Crippen molar-refractivity contribution in [1.82, 2.24) is 0 Å². The van der Waals surface area contributed by atoms with Crippen LogP contribution in [0.3, 0.4) is 0 Å². The quantitative estimate of drug-likeness (QED) is 0.259. The number of aryl methyl sites for hydroxylation is 2. The van der Waals surface area contributed by atoms with Gasteiger partial charge in [-0.05, 0) is 24.0 Å². The van der Waals surface area contributed by atoms with Gasteiger partial charge in [-0.3, -0.25) is 0 Å². The first-order chi connectivity index (χ1) is 12.4. The molecule has 0 nitrogen and oxygen atoms in total. The zero-order chi connectivity index (χ0) is 17.2. The van der Waals surface area contributed by atoms with Crippen LogP contribution in [0.1, 0.15) is 11.1 Å². The zero-order valence-corrected chi connectivity index (χ0v) is 21.7. The molecule has 0 radical (unpaired) electrons. The molecular formula is C18H18P6Zr. The van der Waals surface area contributed by atoms with Gasteiger partial charge in [0.15, 0.2) is 0 Å². The van der Waals surface area contributed by atoms with Crippen molar-refractivity contribution in [3.8, 4) is 0 Å². The van der Waals surface area contributed by atoms with Crippen LogP contribution in [0, 0.1) is 0 Å². The van der Waals surface area contributed by atoms with Crippen LogP contribution in [0.15, 0.2) is 72.3 Å². The summed E-state index contributed by atoms with van der Waals surface area (Å²) in [5, 5.41) is 0. The number of rotatable bonds is 5. The van der Waals surface area contributed by atoms with Crippen LogP contribution in [0.25, 0.3) is 0 Å². The molecule has 0 aliphatic heterocycles. The fourth-order valence-electron chi connectivity index (χ4n) is 2.23. The summed E-state index contributed by atoms with van der Waals surface area (Å²) in [7, 11) is 8.87. The number of benzene rings is 2. The van der Waals surface area contributed by atoms with Crippen LogP contribution in [-0.4, -0.2) is 0 Å². The minimum Gasteiger partial charge on any atom is -0.0622 e. The van der Waals surface area contributed by atoms with Crippen LogP contribution in [-0.2, 0) is 36.1 Å². The van der Waals surface area contributed by atoms with Gasteiger partial charge < -0.3 is 0 Å². The van der Waals surface area contributed by atoms with Gasteiger partial charge in [-0.2, -0.15) is 0 Å². The first-order valence-corrected chi connectivity index (χ1v) is 19.3. The summed E-state index contributed by atoms with van der Waals surface area (Å²) in [5.41, 5.74) is 2.83. The Morgan fingerprint density at radius 3 is 1.44 bits per heavy atom. The molecule has 0 aliphatic carbocycles. The van der Waals surface area contributed by atoms with Crippen molar-refractivity contribution in [3.05, 3.63) is 83.4 Å². The molecule has 2 aromatic carbocycles. The van der Waals surface area contributed by atoms with Crippen molar-refractivity contribution in [2.75, 3.05) is 0 Å². The van der Waals surface area contributed by atoms with E-state index < -0.39 is 0 Å². The minimum atomic E-state index is -0.211. The molecule has 2 atom stereocenters. The normalized spacial score (nSPS) is 11.8. The average molecular weight is 511 g/mol. The predicted octanol–water partition coefficient (Wildman–Crippen LogP) is 7.57. The van der Waals surface area contributed by atoms with Crippen LogP contribution in [0.5, 0.6) is 0 Å². The zero-order valence-electron chi connectivity index (χ0n) is 13.6. The van der Waals surface area contributed by atoms with Gasteiger partial charge >= 0.3 is 87.4 Å². The first-order valence-electron chi connectivity index (χ1n) is 7.98. The Morgan fingerprint density at radius 1 is 0.640 bits per heavy atom. The van der Waals surface area contributed by atoms with Crippen molar-refractivity contribution >= 4 is 52.6 Å². The predicted molar refractivity (Wildman–Crippen MR) is 121 cm³/mol. The summed E-state index contributed by atoms with van der Waals surface area (Å²) in [4.78, 5) is 0. The van der Waals surface area contributed by atoms with E-state index in [9.17, 15) is 0 Å². The molecule has 0 N–H and O–H groups in total. The molecule has 0 saturated heterocycles. The van der Waals surface area contributed by atoms with Gasteiger partial charge in [-0.1, -0.05) is 60.7 Å². The van der Waals surface area contributed by atoms with Gasteiger partial charge in [0.2, 0.25) is 0 Å². The third-order valence-corrected chi connectivity index (χ3v) is 22.3. The molecule has 0 amide bonds. The van der Waals surface area contributed by atoms with Gasteiger partial charge in [0.1, 0.15) is 0 Å². The molecule has 25 heavy (non-hydrogen) atoms. The summed E-state index contributed by atoms with van der Waals surface area (Å²) in [6, 6.07) is 21.2. The maximum absolute atomic E-state index is 2.52. The van der Waals surface area contributed by atoms with Crippen molar-refractivity contribution in [2.45, 2.75) is 12.8 Å². The smallest absolute Gasteiger partial charge is 0.0238 e. The van der Waals surface area contributed by atoms with E-state index >= 15 is 0 Å². The van der Waals surface area contributed by atoms with Gasteiger partial charge in [0, 0.05) is 0 Å². The molecule has 2 heterocycles. The summed E-state index contributed by atoms with van der Waals surface area (Å²) >= 11 is -0.211. The topological polar surface area (TPSA) is 0 Å². The second-order valence-corrected chi connectivity index (χ2v) is 21.1. The van der Waals surface area contributed by atoms with Crippen LogP contribution in [0.4, 0.5) is 0 Å². The second-order valence-electron chi connectivity index (χ2n) is 5.31. The Kier molecular flexibility index (Phi) is 9.88. The van der Waals surface area contributed by atoms with E-state index in [1.165, 1.54) is 11.1 Å². The van der Waals surface area contributed by atoms with E-state index in [0.717, 1.165) is 28.6 Å². The van der Waals surface area contributed by atoms with Crippen molar-refractivity contribution < 1.29 is 23.2 Å². The fourth-order valence-corrected chi connectivity index (χ4v) is 27.5. The Bertz CT molecular complexity index is 745. The second kappa shape index (κ2) is 12.1. The first kappa shape index (κ1) is 20.3. The van der Waals surface area contributed by atoms with Gasteiger partial charge in [0.25, 0.3) is 0 Å². The van der Waals surface area contributed by atoms with Crippen LogP contribution < -0.4 is 6.01 Å². The number of hydrogen-bond acceptors (Lipinski definition) is 0. The minimum absolute atomic E-state index is 0.211. The van der Waals surface area contributed by atoms with E-state index in [2.05, 4.69) is 72.3 Å². The van der Waals surface area contributed by atoms with Crippen molar-refractivity contribution in [1.29, 1.82) is 0 Å². The van der Waals surface area contributed by atoms with Crippen molar-refractivity contribution in [2.24, 2.45) is 0 Å². The Balaban J connectivity index is 0.000000150. The molecule has 0 saturated carbocycles. The van der Waals surface area contributed by atoms with Crippen molar-refractivity contribution in [3.63, 3.8) is 0 Å². The molecule has 0 aliphatic rings. The van der Waals surface area contributed by atoms with Gasteiger partial charge in [-0.25, -0.2) is 0 Å². The van der Waals surface area contributed by atoms with E-state index in [1.54, 1.807) is 30.8 Å². The summed E-state index contributed by atoms with van der Waals surface area (Å²) in [6.45, 7) is 0. The summed E-state index contributed by atoms with van der Waals surface area (Å²) < 4.78 is 3.68. The maximum Gasteiger partial charge on any atom is -0.0238 e. The third kappa shape index (κ3) is 8.01. The fraction of sp³-hybridized carbons (Fsp3) is 0.111. The van der Waals surface area contributed by atoms with E-state index in [1.807, 2.05) is 6.01 Å². The van der Waals surface area contributed by atoms with Crippen LogP contribution >= 0.6 is 46.6 Å². The maximum atomic E-state index is 2.52. The molecule has 4 rings (SSSR count). The van der Waals surface area contributed by atoms with E-state index in [0.29, 0.717) is 0 Å². The molecule has 0 fully saturated rings. The summed E-state index contributed by atoms with van der Waals surface area (Å²) in [5.74, 6) is 5.04. The molecule has 2 aromatic heterocycles. The summed E-state index contributed by atoms with van der Waals surface area (Å²) in [6.07, 6.45) is 2.26. The molecule has 0 bridgehead atoms. The van der Waals surface area contributed by atoms with E-state index in [4.69, 9.17) is 0 Å². The molecule has 4 aromatic rings. The Morgan fingerprint density at radius 2 is 1.08 bits per heavy atom. The average Bonchev–Trinajstić information content (AvgIpc) is 3.37. The molecule has 124 valence electrons. The third-order valence-electron chi connectivity index (χ3n) is 3.48. The van der Waals surface area contributed by atoms with Gasteiger partial charge in [0.05, 0.1) is 0 Å². The SMILES string of the molecule is c1[pH]pp[c]1[Zr][c]1c[pH]pp1.c1ccc(CCc2ccccc2)cc1. The molecule has 2 unspecified atom stereocenters. The molecule has 0 spiro atoms. The van der Waals surface area contributed by atoms with Gasteiger partial charge in [-0.15, -0.1) is 0 Å². The monoisotopic (exact) mass is 510 g/mol. The molecule has 7 heteroatoms. The number of hydrogen-bond donors (Lipinski definition) is 0. The molecular weight excluding hydrogens is 493 g/mol. The van der Waals surface area contributed by atoms with E-state index in [-0.39, 0.29) is 23.2 Å². The Labute approximate surface area is 171 Å².